The third-order valence-electron chi connectivity index (χ3n) is 2.29. The third-order valence-corrected chi connectivity index (χ3v) is 3.18. The van der Waals surface area contributed by atoms with Gasteiger partial charge in [-0.2, -0.15) is 0 Å². The molecule has 0 aliphatic rings. The molecule has 2 aromatic rings. The summed E-state index contributed by atoms with van der Waals surface area (Å²) in [6.45, 7) is 2.46. The van der Waals surface area contributed by atoms with Crippen LogP contribution >= 0.6 is 11.3 Å². The van der Waals surface area contributed by atoms with E-state index in [1.165, 1.54) is 11.3 Å². The lowest BCUT2D eigenvalue weighted by Crippen LogP contribution is -2.25. The Hall–Kier alpha value is -1.20. The summed E-state index contributed by atoms with van der Waals surface area (Å²) in [5.41, 5.74) is 0.783. The molecule has 0 fully saturated rings. The zero-order valence-corrected chi connectivity index (χ0v) is 9.45. The van der Waals surface area contributed by atoms with Crippen LogP contribution in [0.4, 0.5) is 0 Å². The lowest BCUT2D eigenvalue weighted by molar-refractivity contribution is 0.102. The molecule has 15 heavy (non-hydrogen) atoms. The molecule has 0 aliphatic carbocycles. The van der Waals surface area contributed by atoms with E-state index in [-0.39, 0.29) is 11.7 Å². The van der Waals surface area contributed by atoms with Crippen molar-refractivity contribution in [3.05, 3.63) is 28.1 Å². The molecular weight excluding hydrogens is 212 g/mol. The topological polar surface area (TPSA) is 44.1 Å². The van der Waals surface area contributed by atoms with Crippen molar-refractivity contribution >= 4 is 21.6 Å². The van der Waals surface area contributed by atoms with Gasteiger partial charge < -0.3 is 4.74 Å². The second-order valence-electron chi connectivity index (χ2n) is 3.38. The zero-order chi connectivity index (χ0) is 10.8. The van der Waals surface area contributed by atoms with Crippen molar-refractivity contribution in [3.63, 3.8) is 0 Å². The average molecular weight is 224 g/mol. The fraction of sp³-hybridized carbons (Fsp3) is 0.400. The smallest absolute Gasteiger partial charge is 0.271 e. The van der Waals surface area contributed by atoms with Crippen molar-refractivity contribution in [2.24, 2.45) is 0 Å². The van der Waals surface area contributed by atoms with E-state index < -0.39 is 0 Å². The van der Waals surface area contributed by atoms with Crippen LogP contribution in [0.5, 0.6) is 0 Å². The molecule has 0 bridgehead atoms. The molecule has 0 aromatic carbocycles. The lowest BCUT2D eigenvalue weighted by atomic mass is 10.4. The molecule has 0 amide bonds. The van der Waals surface area contributed by atoms with E-state index in [1.54, 1.807) is 18.0 Å². The minimum Gasteiger partial charge on any atom is -0.380 e. The maximum Gasteiger partial charge on any atom is 0.271 e. The van der Waals surface area contributed by atoms with E-state index in [1.807, 2.05) is 18.4 Å². The predicted octanol–water partition coefficient (Wildman–Crippen LogP) is 1.49. The van der Waals surface area contributed by atoms with Crippen molar-refractivity contribution in [1.82, 2.24) is 9.55 Å². The number of rotatable bonds is 3. The van der Waals surface area contributed by atoms with E-state index in [0.29, 0.717) is 11.2 Å². The summed E-state index contributed by atoms with van der Waals surface area (Å²) in [6, 6.07) is 1.85. The van der Waals surface area contributed by atoms with Gasteiger partial charge in [0.2, 0.25) is 0 Å². The number of hydrogen-bond acceptors (Lipinski definition) is 4. The Morgan fingerprint density at radius 3 is 3.20 bits per heavy atom. The monoisotopic (exact) mass is 224 g/mol. The van der Waals surface area contributed by atoms with Gasteiger partial charge in [-0.3, -0.25) is 9.36 Å². The highest BCUT2D eigenvalue weighted by Gasteiger charge is 2.07. The normalized spacial score (nSPS) is 13.2. The largest absolute Gasteiger partial charge is 0.380 e. The molecule has 1 unspecified atom stereocenters. The maximum atomic E-state index is 11.9. The molecule has 0 aliphatic heterocycles. The highest BCUT2D eigenvalue weighted by atomic mass is 32.1. The van der Waals surface area contributed by atoms with Crippen molar-refractivity contribution in [1.29, 1.82) is 0 Å². The average Bonchev–Trinajstić information content (AvgIpc) is 2.70. The van der Waals surface area contributed by atoms with Crippen LogP contribution in [-0.4, -0.2) is 22.8 Å². The Labute approximate surface area is 91.1 Å². The fourth-order valence-corrected chi connectivity index (χ4v) is 2.15. The lowest BCUT2D eigenvalue weighted by Gasteiger charge is -2.10. The molecule has 80 valence electrons. The van der Waals surface area contributed by atoms with Crippen LogP contribution in [0.3, 0.4) is 0 Å². The van der Waals surface area contributed by atoms with E-state index in [0.717, 1.165) is 5.52 Å². The van der Waals surface area contributed by atoms with Gasteiger partial charge in [0.05, 0.1) is 24.5 Å². The number of ether oxygens (including phenoxy) is 1. The van der Waals surface area contributed by atoms with Crippen molar-refractivity contribution < 1.29 is 4.74 Å². The molecule has 0 N–H and O–H groups in total. The summed E-state index contributed by atoms with van der Waals surface area (Å²) in [7, 11) is 1.63. The van der Waals surface area contributed by atoms with Crippen molar-refractivity contribution in [2.45, 2.75) is 19.6 Å². The molecule has 4 nitrogen and oxygen atoms in total. The minimum atomic E-state index is 0.0129. The van der Waals surface area contributed by atoms with Gasteiger partial charge in [0.1, 0.15) is 4.70 Å². The third kappa shape index (κ3) is 1.93. The first-order valence-corrected chi connectivity index (χ1v) is 5.56. The Bertz CT molecular complexity index is 517. The second kappa shape index (κ2) is 4.12. The number of methoxy groups -OCH3 is 1. The molecule has 5 heteroatoms. The summed E-state index contributed by atoms with van der Waals surface area (Å²) >= 11 is 1.43. The van der Waals surface area contributed by atoms with Crippen LogP contribution in [0.1, 0.15) is 6.92 Å². The highest BCUT2D eigenvalue weighted by molar-refractivity contribution is 7.17. The van der Waals surface area contributed by atoms with Gasteiger partial charge in [0, 0.05) is 7.11 Å². The molecule has 0 spiro atoms. The number of hydrogen-bond donors (Lipinski definition) is 0. The second-order valence-corrected chi connectivity index (χ2v) is 4.30. The van der Waals surface area contributed by atoms with Crippen molar-refractivity contribution in [3.8, 4) is 0 Å². The first-order chi connectivity index (χ1) is 7.22. The van der Waals surface area contributed by atoms with Crippen LogP contribution in [0.2, 0.25) is 0 Å². The summed E-state index contributed by atoms with van der Waals surface area (Å²) in [5.74, 6) is 0. The van der Waals surface area contributed by atoms with Gasteiger partial charge in [-0.15, -0.1) is 11.3 Å². The summed E-state index contributed by atoms with van der Waals surface area (Å²) < 4.78 is 7.42. The first kappa shape index (κ1) is 10.3. The maximum absolute atomic E-state index is 11.9. The Balaban J connectivity index is 2.44. The molecule has 2 aromatic heterocycles. The number of thiophene rings is 1. The minimum absolute atomic E-state index is 0.0129. The molecule has 0 saturated carbocycles. The molecule has 2 heterocycles. The van der Waals surface area contributed by atoms with Gasteiger partial charge >= 0.3 is 0 Å². The summed E-state index contributed by atoms with van der Waals surface area (Å²) in [4.78, 5) is 16.1. The molecule has 0 saturated heterocycles. The van der Waals surface area contributed by atoms with E-state index >= 15 is 0 Å². The number of fused-ring (bicyclic) bond motifs is 1. The molecule has 0 radical (unpaired) electrons. The van der Waals surface area contributed by atoms with Gasteiger partial charge in [0.25, 0.3) is 5.56 Å². The predicted molar refractivity (Wildman–Crippen MR) is 60.4 cm³/mol. The van der Waals surface area contributed by atoms with Crippen LogP contribution in [-0.2, 0) is 11.3 Å². The van der Waals surface area contributed by atoms with Crippen LogP contribution in [0, 0.1) is 0 Å². The molecule has 1 atom stereocenters. The Morgan fingerprint density at radius 1 is 1.67 bits per heavy atom. The summed E-state index contributed by atoms with van der Waals surface area (Å²) in [6.07, 6.45) is 1.59. The van der Waals surface area contributed by atoms with Crippen molar-refractivity contribution in [2.75, 3.05) is 7.11 Å². The SMILES string of the molecule is COC(C)Cn1cnc2ccsc2c1=O. The van der Waals surface area contributed by atoms with Crippen LogP contribution in [0.15, 0.2) is 22.6 Å². The van der Waals surface area contributed by atoms with Crippen LogP contribution < -0.4 is 5.56 Å². The van der Waals surface area contributed by atoms with E-state index in [2.05, 4.69) is 4.98 Å². The quantitative estimate of drug-likeness (QED) is 0.793. The summed E-state index contributed by atoms with van der Waals surface area (Å²) in [5, 5.41) is 1.88. The fourth-order valence-electron chi connectivity index (χ4n) is 1.36. The Kier molecular flexibility index (Phi) is 2.83. The standard InChI is InChI=1S/C10H12N2O2S/c1-7(14-2)5-12-6-11-8-3-4-15-9(8)10(12)13/h3-4,6-7H,5H2,1-2H3. The van der Waals surface area contributed by atoms with E-state index in [4.69, 9.17) is 4.74 Å². The van der Waals surface area contributed by atoms with Crippen LogP contribution in [0.25, 0.3) is 10.2 Å². The zero-order valence-electron chi connectivity index (χ0n) is 8.64. The Morgan fingerprint density at radius 2 is 2.47 bits per heavy atom. The van der Waals surface area contributed by atoms with Gasteiger partial charge in [-0.05, 0) is 18.4 Å². The van der Waals surface area contributed by atoms with Gasteiger partial charge in [-0.25, -0.2) is 4.98 Å². The molecular formula is C10H12N2O2S. The van der Waals surface area contributed by atoms with E-state index in [9.17, 15) is 4.79 Å². The highest BCUT2D eigenvalue weighted by Crippen LogP contribution is 2.13. The number of nitrogens with zero attached hydrogens (tertiary/aromatic N) is 2. The number of aromatic nitrogens is 2. The molecule has 2 rings (SSSR count). The first-order valence-electron chi connectivity index (χ1n) is 4.68. The van der Waals surface area contributed by atoms with Gasteiger partial charge in [0.15, 0.2) is 0 Å². The van der Waals surface area contributed by atoms with Gasteiger partial charge in [-0.1, -0.05) is 0 Å².